The number of hydrogen-bond donors (Lipinski definition) is 1. The summed E-state index contributed by atoms with van der Waals surface area (Å²) >= 11 is 0. The minimum atomic E-state index is -3.11. The van der Waals surface area contributed by atoms with Gasteiger partial charge in [0.15, 0.2) is 15.5 Å². The van der Waals surface area contributed by atoms with Gasteiger partial charge >= 0.3 is 0 Å². The maximum Gasteiger partial charge on any atom is 0.276 e. The molecule has 2 aliphatic rings. The Bertz CT molecular complexity index is 672. The third-order valence-electron chi connectivity index (χ3n) is 4.33. The Hall–Kier alpha value is -1.52. The summed E-state index contributed by atoms with van der Waals surface area (Å²) in [6, 6.07) is -0.447. The van der Waals surface area contributed by atoms with E-state index in [4.69, 9.17) is 5.73 Å². The first-order valence-electron chi connectivity index (χ1n) is 7.23. The number of sulfone groups is 1. The number of aromatic nitrogens is 3. The van der Waals surface area contributed by atoms with Crippen molar-refractivity contribution >= 4 is 15.7 Å². The van der Waals surface area contributed by atoms with E-state index in [0.717, 1.165) is 0 Å². The SMILES string of the molecule is CN1CCN(C(=O)c2cn(CCN)nn2)[C@@H]2CS(=O)(=O)C[C@@H]21. The molecule has 9 nitrogen and oxygen atoms in total. The second kappa shape index (κ2) is 5.60. The number of likely N-dealkylation sites (N-methyl/N-ethyl adjacent to an activating group) is 1. The maximum absolute atomic E-state index is 12.6. The average Bonchev–Trinajstić information content (AvgIpc) is 3.03. The van der Waals surface area contributed by atoms with Gasteiger partial charge in [-0.3, -0.25) is 14.4 Å². The van der Waals surface area contributed by atoms with Gasteiger partial charge < -0.3 is 10.6 Å². The van der Waals surface area contributed by atoms with Crippen molar-refractivity contribution in [1.82, 2.24) is 24.8 Å². The number of nitrogens with zero attached hydrogens (tertiary/aromatic N) is 5. The average molecular weight is 328 g/mol. The van der Waals surface area contributed by atoms with Gasteiger partial charge in [0.25, 0.3) is 5.91 Å². The Kier molecular flexibility index (Phi) is 3.91. The third-order valence-corrected chi connectivity index (χ3v) is 6.03. The van der Waals surface area contributed by atoms with E-state index in [-0.39, 0.29) is 35.2 Å². The van der Waals surface area contributed by atoms with Crippen molar-refractivity contribution in [1.29, 1.82) is 0 Å². The first-order chi connectivity index (χ1) is 10.4. The van der Waals surface area contributed by atoms with Crippen LogP contribution in [-0.2, 0) is 16.4 Å². The summed E-state index contributed by atoms with van der Waals surface area (Å²) in [5, 5.41) is 7.74. The molecule has 1 aromatic rings. The first kappa shape index (κ1) is 15.4. The van der Waals surface area contributed by atoms with E-state index < -0.39 is 9.84 Å². The molecular formula is C12H20N6O3S. The molecule has 0 aromatic carbocycles. The number of amides is 1. The van der Waals surface area contributed by atoms with Gasteiger partial charge in [-0.2, -0.15) is 0 Å². The molecule has 0 radical (unpaired) electrons. The highest BCUT2D eigenvalue weighted by atomic mass is 32.2. The van der Waals surface area contributed by atoms with Gasteiger partial charge in [-0.1, -0.05) is 5.21 Å². The van der Waals surface area contributed by atoms with Crippen LogP contribution >= 0.6 is 0 Å². The standard InChI is InChI=1S/C12H20N6O3S/c1-16-4-5-18(11-8-22(20,21)7-10(11)16)12(19)9-6-17(3-2-13)15-14-9/h6,10-11H,2-5,7-8,13H2,1H3/t10-,11+/m0/s1. The highest BCUT2D eigenvalue weighted by Crippen LogP contribution is 2.26. The van der Waals surface area contributed by atoms with Crippen LogP contribution in [-0.4, -0.2) is 89.4 Å². The fourth-order valence-electron chi connectivity index (χ4n) is 3.16. The van der Waals surface area contributed by atoms with Crippen LogP contribution in [0.5, 0.6) is 0 Å². The topological polar surface area (TPSA) is 114 Å². The van der Waals surface area contributed by atoms with Crippen molar-refractivity contribution < 1.29 is 13.2 Å². The maximum atomic E-state index is 12.6. The predicted molar refractivity (Wildman–Crippen MR) is 79.0 cm³/mol. The van der Waals surface area contributed by atoms with Crippen molar-refractivity contribution in [2.24, 2.45) is 5.73 Å². The van der Waals surface area contributed by atoms with E-state index in [1.165, 1.54) is 4.68 Å². The Morgan fingerprint density at radius 2 is 2.09 bits per heavy atom. The van der Waals surface area contributed by atoms with Crippen LogP contribution in [0.1, 0.15) is 10.5 Å². The second-order valence-electron chi connectivity index (χ2n) is 5.85. The van der Waals surface area contributed by atoms with E-state index in [1.807, 2.05) is 11.9 Å². The minimum absolute atomic E-state index is 0.0185. The third kappa shape index (κ3) is 2.73. The molecule has 0 aliphatic carbocycles. The lowest BCUT2D eigenvalue weighted by Crippen LogP contribution is -2.59. The van der Waals surface area contributed by atoms with Crippen molar-refractivity contribution in [3.05, 3.63) is 11.9 Å². The quantitative estimate of drug-likeness (QED) is 0.669. The number of carbonyl (C=O) groups is 1. The van der Waals surface area contributed by atoms with Gasteiger partial charge in [0, 0.05) is 25.7 Å². The zero-order valence-corrected chi connectivity index (χ0v) is 13.2. The molecule has 2 saturated heterocycles. The van der Waals surface area contributed by atoms with Gasteiger partial charge in [0.1, 0.15) is 0 Å². The molecule has 22 heavy (non-hydrogen) atoms. The molecule has 0 bridgehead atoms. The van der Waals surface area contributed by atoms with Crippen molar-refractivity contribution in [3.63, 3.8) is 0 Å². The Balaban J connectivity index is 1.82. The first-order valence-corrected chi connectivity index (χ1v) is 9.05. The Labute approximate surface area is 129 Å². The summed E-state index contributed by atoms with van der Waals surface area (Å²) in [6.45, 7) is 2.05. The summed E-state index contributed by atoms with van der Waals surface area (Å²) in [7, 11) is -1.21. The molecule has 122 valence electrons. The van der Waals surface area contributed by atoms with Gasteiger partial charge in [-0.25, -0.2) is 8.42 Å². The number of carbonyl (C=O) groups excluding carboxylic acids is 1. The summed E-state index contributed by atoms with van der Waals surface area (Å²) in [5.41, 5.74) is 5.68. The molecule has 0 saturated carbocycles. The molecule has 2 aliphatic heterocycles. The smallest absolute Gasteiger partial charge is 0.276 e. The fourth-order valence-corrected chi connectivity index (χ4v) is 5.22. The van der Waals surface area contributed by atoms with Crippen molar-refractivity contribution in [2.75, 3.05) is 38.2 Å². The zero-order chi connectivity index (χ0) is 15.9. The van der Waals surface area contributed by atoms with E-state index >= 15 is 0 Å². The van der Waals surface area contributed by atoms with E-state index in [9.17, 15) is 13.2 Å². The molecule has 1 amide bonds. The Morgan fingerprint density at radius 1 is 1.36 bits per heavy atom. The monoisotopic (exact) mass is 328 g/mol. The number of hydrogen-bond acceptors (Lipinski definition) is 7. The lowest BCUT2D eigenvalue weighted by molar-refractivity contribution is 0.0404. The molecule has 3 heterocycles. The van der Waals surface area contributed by atoms with Gasteiger partial charge in [0.2, 0.25) is 0 Å². The number of nitrogens with two attached hydrogens (primary N) is 1. The van der Waals surface area contributed by atoms with Crippen molar-refractivity contribution in [2.45, 2.75) is 18.6 Å². The van der Waals surface area contributed by atoms with Crippen LogP contribution in [0, 0.1) is 0 Å². The molecule has 0 unspecified atom stereocenters. The minimum Gasteiger partial charge on any atom is -0.330 e. The summed E-state index contributed by atoms with van der Waals surface area (Å²) < 4.78 is 25.4. The number of piperazine rings is 1. The molecule has 0 spiro atoms. The summed E-state index contributed by atoms with van der Waals surface area (Å²) in [6.07, 6.45) is 1.56. The van der Waals surface area contributed by atoms with Crippen molar-refractivity contribution in [3.8, 4) is 0 Å². The number of fused-ring (bicyclic) bond motifs is 1. The highest BCUT2D eigenvalue weighted by Gasteiger charge is 2.47. The van der Waals surface area contributed by atoms with Gasteiger partial charge in [-0.15, -0.1) is 5.10 Å². The summed E-state index contributed by atoms with van der Waals surface area (Å²) in [4.78, 5) is 16.3. The Morgan fingerprint density at radius 3 is 2.82 bits per heavy atom. The van der Waals surface area contributed by atoms with E-state index in [2.05, 4.69) is 10.3 Å². The molecule has 2 N–H and O–H groups in total. The van der Waals surface area contributed by atoms with Crippen LogP contribution < -0.4 is 5.73 Å². The summed E-state index contributed by atoms with van der Waals surface area (Å²) in [5.74, 6) is -0.133. The lowest BCUT2D eigenvalue weighted by atomic mass is 10.1. The van der Waals surface area contributed by atoms with Crippen LogP contribution in [0.15, 0.2) is 6.20 Å². The van der Waals surface area contributed by atoms with Crippen LogP contribution in [0.4, 0.5) is 0 Å². The van der Waals surface area contributed by atoms with Gasteiger partial charge in [-0.05, 0) is 7.05 Å². The normalized spacial score (nSPS) is 27.8. The molecular weight excluding hydrogens is 308 g/mol. The highest BCUT2D eigenvalue weighted by molar-refractivity contribution is 7.91. The van der Waals surface area contributed by atoms with Crippen LogP contribution in [0.2, 0.25) is 0 Å². The van der Waals surface area contributed by atoms with E-state index in [1.54, 1.807) is 11.1 Å². The fraction of sp³-hybridized carbons (Fsp3) is 0.750. The van der Waals surface area contributed by atoms with Crippen LogP contribution in [0.3, 0.4) is 0 Å². The molecule has 3 rings (SSSR count). The molecule has 2 fully saturated rings. The predicted octanol–water partition coefficient (Wildman–Crippen LogP) is -2.21. The largest absolute Gasteiger partial charge is 0.330 e. The van der Waals surface area contributed by atoms with Gasteiger partial charge in [0.05, 0.1) is 30.3 Å². The number of rotatable bonds is 3. The zero-order valence-electron chi connectivity index (χ0n) is 12.4. The van der Waals surface area contributed by atoms with E-state index in [0.29, 0.717) is 26.2 Å². The lowest BCUT2D eigenvalue weighted by Gasteiger charge is -2.41. The molecule has 10 heteroatoms. The van der Waals surface area contributed by atoms with Crippen LogP contribution in [0.25, 0.3) is 0 Å². The molecule has 1 aromatic heterocycles. The molecule has 2 atom stereocenters. The second-order valence-corrected chi connectivity index (χ2v) is 8.00.